The minimum absolute atomic E-state index is 0.646. The summed E-state index contributed by atoms with van der Waals surface area (Å²) in [5.41, 5.74) is 0.978. The summed E-state index contributed by atoms with van der Waals surface area (Å²) in [4.78, 5) is 2.50. The monoisotopic (exact) mass is 332 g/mol. The zero-order valence-corrected chi connectivity index (χ0v) is 14.6. The Morgan fingerprint density at radius 2 is 2.22 bits per heavy atom. The summed E-state index contributed by atoms with van der Waals surface area (Å²) in [6.45, 7) is 4.16. The molecule has 2 heterocycles. The lowest BCUT2D eigenvalue weighted by Crippen LogP contribution is -2.40. The van der Waals surface area contributed by atoms with Crippen LogP contribution in [0.4, 0.5) is 0 Å². The van der Waals surface area contributed by atoms with Crippen molar-refractivity contribution in [3.8, 4) is 11.4 Å². The Balaban J connectivity index is 1.83. The van der Waals surface area contributed by atoms with Gasteiger partial charge in [0, 0.05) is 18.7 Å². The van der Waals surface area contributed by atoms with E-state index in [4.69, 9.17) is 17.0 Å². The molecule has 0 spiro atoms. The third-order valence-corrected chi connectivity index (χ3v) is 5.01. The first-order valence-electron chi connectivity index (χ1n) is 8.26. The maximum atomic E-state index is 5.63. The minimum atomic E-state index is 0.646. The molecule has 6 heteroatoms. The molecular formula is C17H24N4OS. The molecule has 1 aliphatic heterocycles. The van der Waals surface area contributed by atoms with Crippen LogP contribution in [-0.4, -0.2) is 38.9 Å². The number of piperidine rings is 1. The summed E-state index contributed by atoms with van der Waals surface area (Å²) >= 11 is 5.63. The van der Waals surface area contributed by atoms with E-state index in [1.165, 1.54) is 25.7 Å². The Kier molecular flexibility index (Phi) is 5.13. The normalized spacial score (nSPS) is 19.0. The fourth-order valence-electron chi connectivity index (χ4n) is 3.25. The van der Waals surface area contributed by atoms with Crippen molar-refractivity contribution in [1.29, 1.82) is 0 Å². The standard InChI is InChI=1S/C17H24N4OS/c1-3-14-7-4-5-10-19(14)13-21-17(23)20(12-18-21)15-8-6-9-16(11-15)22-2/h6,8-9,11-12,14H,3-5,7,10,13H2,1-2H3/t14-/m1/s1. The molecule has 0 amide bonds. The number of methoxy groups -OCH3 is 1. The fraction of sp³-hybridized carbons (Fsp3) is 0.529. The first-order chi connectivity index (χ1) is 11.2. The van der Waals surface area contributed by atoms with Gasteiger partial charge in [0.05, 0.1) is 19.5 Å². The SMILES string of the molecule is CC[C@@H]1CCCCN1Cn1ncn(-c2cccc(OC)c2)c1=S. The smallest absolute Gasteiger partial charge is 0.203 e. The average molecular weight is 332 g/mol. The molecule has 124 valence electrons. The molecule has 0 unspecified atom stereocenters. The summed E-state index contributed by atoms with van der Waals surface area (Å²) < 4.78 is 9.86. The van der Waals surface area contributed by atoms with Crippen molar-refractivity contribution in [2.75, 3.05) is 13.7 Å². The Bertz CT molecular complexity index is 709. The van der Waals surface area contributed by atoms with Gasteiger partial charge in [-0.15, -0.1) is 0 Å². The second-order valence-electron chi connectivity index (χ2n) is 6.00. The maximum absolute atomic E-state index is 5.63. The van der Waals surface area contributed by atoms with Gasteiger partial charge in [-0.2, -0.15) is 5.10 Å². The predicted molar refractivity (Wildman–Crippen MR) is 93.6 cm³/mol. The highest BCUT2D eigenvalue weighted by atomic mass is 32.1. The highest BCUT2D eigenvalue weighted by Crippen LogP contribution is 2.21. The molecule has 0 saturated carbocycles. The quantitative estimate of drug-likeness (QED) is 0.783. The Morgan fingerprint density at radius 3 is 3.00 bits per heavy atom. The van der Waals surface area contributed by atoms with Crippen LogP contribution in [-0.2, 0) is 6.67 Å². The van der Waals surface area contributed by atoms with Crippen LogP contribution in [0.2, 0.25) is 0 Å². The number of rotatable bonds is 5. The summed E-state index contributed by atoms with van der Waals surface area (Å²) in [6.07, 6.45) is 6.85. The summed E-state index contributed by atoms with van der Waals surface area (Å²) in [5, 5.41) is 4.50. The van der Waals surface area contributed by atoms with Crippen molar-refractivity contribution in [2.24, 2.45) is 0 Å². The molecule has 0 aliphatic carbocycles. The topological polar surface area (TPSA) is 35.2 Å². The predicted octanol–water partition coefficient (Wildman–Crippen LogP) is 3.63. The summed E-state index contributed by atoms with van der Waals surface area (Å²) in [7, 11) is 1.67. The number of hydrogen-bond acceptors (Lipinski definition) is 4. The van der Waals surface area contributed by atoms with Crippen LogP contribution in [0.3, 0.4) is 0 Å². The van der Waals surface area contributed by atoms with Gasteiger partial charge < -0.3 is 4.74 Å². The van der Waals surface area contributed by atoms with E-state index in [2.05, 4.69) is 16.9 Å². The molecule has 1 fully saturated rings. The van der Waals surface area contributed by atoms with Crippen molar-refractivity contribution >= 4 is 12.2 Å². The van der Waals surface area contributed by atoms with E-state index in [-0.39, 0.29) is 0 Å². The van der Waals surface area contributed by atoms with Crippen LogP contribution in [0.5, 0.6) is 5.75 Å². The number of benzene rings is 1. The molecule has 1 aromatic heterocycles. The van der Waals surface area contributed by atoms with Gasteiger partial charge >= 0.3 is 0 Å². The molecule has 0 radical (unpaired) electrons. The third-order valence-electron chi connectivity index (χ3n) is 4.60. The fourth-order valence-corrected chi connectivity index (χ4v) is 3.51. The number of nitrogens with zero attached hydrogens (tertiary/aromatic N) is 4. The molecule has 1 aromatic carbocycles. The third kappa shape index (κ3) is 3.48. The molecule has 5 nitrogen and oxygen atoms in total. The van der Waals surface area contributed by atoms with Crippen LogP contribution in [0.15, 0.2) is 30.6 Å². The van der Waals surface area contributed by atoms with Crippen molar-refractivity contribution in [1.82, 2.24) is 19.2 Å². The van der Waals surface area contributed by atoms with E-state index < -0.39 is 0 Å². The molecular weight excluding hydrogens is 308 g/mol. The average Bonchev–Trinajstić information content (AvgIpc) is 2.96. The van der Waals surface area contributed by atoms with Gasteiger partial charge in [0.2, 0.25) is 4.77 Å². The largest absolute Gasteiger partial charge is 0.497 e. The molecule has 3 rings (SSSR count). The van der Waals surface area contributed by atoms with Crippen molar-refractivity contribution in [3.05, 3.63) is 35.4 Å². The Labute approximate surface area is 142 Å². The molecule has 1 atom stereocenters. The van der Waals surface area contributed by atoms with E-state index in [9.17, 15) is 0 Å². The van der Waals surface area contributed by atoms with Gasteiger partial charge in [-0.3, -0.25) is 9.47 Å². The molecule has 0 N–H and O–H groups in total. The van der Waals surface area contributed by atoms with E-state index in [1.807, 2.05) is 33.5 Å². The lowest BCUT2D eigenvalue weighted by Gasteiger charge is -2.34. The van der Waals surface area contributed by atoms with E-state index in [0.717, 1.165) is 29.4 Å². The van der Waals surface area contributed by atoms with Gasteiger partial charge in [-0.05, 0) is 43.6 Å². The lowest BCUT2D eigenvalue weighted by molar-refractivity contribution is 0.100. The van der Waals surface area contributed by atoms with E-state index in [1.54, 1.807) is 13.4 Å². The van der Waals surface area contributed by atoms with Crippen LogP contribution < -0.4 is 4.74 Å². The minimum Gasteiger partial charge on any atom is -0.497 e. The molecule has 0 bridgehead atoms. The number of likely N-dealkylation sites (tertiary alicyclic amines) is 1. The summed E-state index contributed by atoms with van der Waals surface area (Å²) in [6, 6.07) is 8.52. The van der Waals surface area contributed by atoms with Gasteiger partial charge in [0.15, 0.2) is 0 Å². The van der Waals surface area contributed by atoms with Gasteiger partial charge in [0.25, 0.3) is 0 Å². The van der Waals surface area contributed by atoms with Gasteiger partial charge in [-0.25, -0.2) is 4.68 Å². The molecule has 2 aromatic rings. The van der Waals surface area contributed by atoms with Crippen LogP contribution in [0.1, 0.15) is 32.6 Å². The zero-order chi connectivity index (χ0) is 16.2. The highest BCUT2D eigenvalue weighted by Gasteiger charge is 2.21. The second kappa shape index (κ2) is 7.27. The van der Waals surface area contributed by atoms with E-state index >= 15 is 0 Å². The first-order valence-corrected chi connectivity index (χ1v) is 8.66. The zero-order valence-electron chi connectivity index (χ0n) is 13.8. The highest BCUT2D eigenvalue weighted by molar-refractivity contribution is 7.71. The Hall–Kier alpha value is -1.66. The lowest BCUT2D eigenvalue weighted by atomic mass is 10.0. The first kappa shape index (κ1) is 16.2. The van der Waals surface area contributed by atoms with Crippen LogP contribution >= 0.6 is 12.2 Å². The molecule has 23 heavy (non-hydrogen) atoms. The van der Waals surface area contributed by atoms with Gasteiger partial charge in [-0.1, -0.05) is 19.4 Å². The molecule has 1 aliphatic rings. The Morgan fingerprint density at radius 1 is 1.35 bits per heavy atom. The summed E-state index contributed by atoms with van der Waals surface area (Å²) in [5.74, 6) is 0.819. The molecule has 1 saturated heterocycles. The maximum Gasteiger partial charge on any atom is 0.203 e. The number of ether oxygens (including phenoxy) is 1. The number of hydrogen-bond donors (Lipinski definition) is 0. The van der Waals surface area contributed by atoms with Crippen LogP contribution in [0.25, 0.3) is 5.69 Å². The van der Waals surface area contributed by atoms with Crippen LogP contribution in [0, 0.1) is 4.77 Å². The van der Waals surface area contributed by atoms with E-state index in [0.29, 0.717) is 6.04 Å². The van der Waals surface area contributed by atoms with Crippen molar-refractivity contribution in [3.63, 3.8) is 0 Å². The van der Waals surface area contributed by atoms with Crippen molar-refractivity contribution in [2.45, 2.75) is 45.3 Å². The van der Waals surface area contributed by atoms with Crippen molar-refractivity contribution < 1.29 is 4.74 Å². The second-order valence-corrected chi connectivity index (χ2v) is 6.36. The van der Waals surface area contributed by atoms with Gasteiger partial charge in [0.1, 0.15) is 12.1 Å². The number of aromatic nitrogens is 3.